The van der Waals surface area contributed by atoms with Gasteiger partial charge in [-0.15, -0.1) is 10.0 Å². The van der Waals surface area contributed by atoms with Crippen molar-refractivity contribution in [3.05, 3.63) is 4.91 Å². The lowest BCUT2D eigenvalue weighted by atomic mass is 10.5. The van der Waals surface area contributed by atoms with E-state index in [1.54, 1.807) is 0 Å². The first-order valence-corrected chi connectivity index (χ1v) is 2.18. The minimum atomic E-state index is -0.0903. The molecular formula is C3H5N5O. The standard InChI is InChI=1S/C3H5N5O/c4-1-2(5)6-7-3(1)8-9/h4H2,(H3,5,6,7). The molecule has 0 amide bonds. The monoisotopic (exact) mass is 127 g/mol. The maximum Gasteiger partial charge on any atom is 0.242 e. The lowest BCUT2D eigenvalue weighted by Gasteiger charge is -1.83. The molecule has 1 aromatic heterocycles. The molecule has 0 atom stereocenters. The predicted molar refractivity (Wildman–Crippen MR) is 32.9 cm³/mol. The van der Waals surface area contributed by atoms with Crippen LogP contribution in [0.1, 0.15) is 0 Å². The van der Waals surface area contributed by atoms with Crippen LogP contribution < -0.4 is 11.5 Å². The molecule has 0 bridgehead atoms. The summed E-state index contributed by atoms with van der Waals surface area (Å²) in [5.41, 5.74) is 10.5. The first kappa shape index (κ1) is 5.54. The number of nitrogens with two attached hydrogens (primary N) is 2. The van der Waals surface area contributed by atoms with Gasteiger partial charge in [0, 0.05) is 0 Å². The number of nitrogens with one attached hydrogen (secondary N) is 1. The number of hydrogen-bond donors (Lipinski definition) is 3. The normalized spacial score (nSPS) is 9.33. The number of aromatic amines is 1. The zero-order valence-electron chi connectivity index (χ0n) is 4.46. The Kier molecular flexibility index (Phi) is 1.07. The highest BCUT2D eigenvalue weighted by Gasteiger charge is 2.05. The van der Waals surface area contributed by atoms with Gasteiger partial charge in [-0.2, -0.15) is 0 Å². The molecule has 5 N–H and O–H groups in total. The van der Waals surface area contributed by atoms with Crippen molar-refractivity contribution in [1.29, 1.82) is 0 Å². The van der Waals surface area contributed by atoms with Gasteiger partial charge >= 0.3 is 0 Å². The molecule has 0 unspecified atom stereocenters. The van der Waals surface area contributed by atoms with E-state index in [-0.39, 0.29) is 17.3 Å². The van der Waals surface area contributed by atoms with Gasteiger partial charge in [0.1, 0.15) is 11.5 Å². The maximum atomic E-state index is 9.77. The SMILES string of the molecule is Nc1[nH]nc(N=O)c1N. The number of rotatable bonds is 1. The summed E-state index contributed by atoms with van der Waals surface area (Å²) in [6, 6.07) is 0. The molecule has 1 rings (SSSR count). The number of H-pyrrole nitrogens is 1. The van der Waals surface area contributed by atoms with Crippen LogP contribution in [0, 0.1) is 4.91 Å². The lowest BCUT2D eigenvalue weighted by molar-refractivity contribution is 1.09. The first-order chi connectivity index (χ1) is 4.25. The molecule has 48 valence electrons. The molecule has 0 spiro atoms. The summed E-state index contributed by atoms with van der Waals surface area (Å²) in [4.78, 5) is 9.77. The molecule has 0 saturated carbocycles. The first-order valence-electron chi connectivity index (χ1n) is 2.18. The van der Waals surface area contributed by atoms with E-state index in [2.05, 4.69) is 15.4 Å². The number of aromatic nitrogens is 2. The molecule has 0 aliphatic carbocycles. The van der Waals surface area contributed by atoms with Gasteiger partial charge in [0.15, 0.2) is 0 Å². The Morgan fingerprint density at radius 1 is 1.56 bits per heavy atom. The van der Waals surface area contributed by atoms with E-state index in [1.165, 1.54) is 0 Å². The minimum absolute atomic E-state index is 0.0903. The smallest absolute Gasteiger partial charge is 0.242 e. The third-order valence-electron chi connectivity index (χ3n) is 0.900. The Hall–Kier alpha value is -1.59. The van der Waals surface area contributed by atoms with E-state index in [9.17, 15) is 4.91 Å². The molecule has 0 aliphatic heterocycles. The van der Waals surface area contributed by atoms with Gasteiger partial charge in [-0.1, -0.05) is 0 Å². The molecule has 0 fully saturated rings. The van der Waals surface area contributed by atoms with Crippen molar-refractivity contribution in [2.24, 2.45) is 5.18 Å². The van der Waals surface area contributed by atoms with E-state index in [0.717, 1.165) is 0 Å². The Labute approximate surface area is 50.2 Å². The molecule has 1 heterocycles. The van der Waals surface area contributed by atoms with E-state index >= 15 is 0 Å². The van der Waals surface area contributed by atoms with E-state index in [1.807, 2.05) is 0 Å². The van der Waals surface area contributed by atoms with E-state index < -0.39 is 0 Å². The van der Waals surface area contributed by atoms with Crippen LogP contribution in [0.2, 0.25) is 0 Å². The minimum Gasteiger partial charge on any atom is -0.393 e. The van der Waals surface area contributed by atoms with Gasteiger partial charge in [0.05, 0.1) is 0 Å². The topological polar surface area (TPSA) is 110 Å². The Morgan fingerprint density at radius 2 is 2.22 bits per heavy atom. The maximum absolute atomic E-state index is 9.77. The quantitative estimate of drug-likeness (QED) is 0.460. The third-order valence-corrected chi connectivity index (χ3v) is 0.900. The molecular weight excluding hydrogens is 122 g/mol. The number of nitrogens with zero attached hydrogens (tertiary/aromatic N) is 2. The summed E-state index contributed by atoms with van der Waals surface area (Å²) in [5.74, 6) is 0.0806. The third kappa shape index (κ3) is 0.693. The van der Waals surface area contributed by atoms with E-state index in [4.69, 9.17) is 11.5 Å². The second-order valence-corrected chi connectivity index (χ2v) is 1.47. The second-order valence-electron chi connectivity index (χ2n) is 1.47. The van der Waals surface area contributed by atoms with Crippen LogP contribution in [-0.2, 0) is 0 Å². The molecule has 9 heavy (non-hydrogen) atoms. The highest BCUT2D eigenvalue weighted by molar-refractivity contribution is 5.70. The largest absolute Gasteiger partial charge is 0.393 e. The van der Waals surface area contributed by atoms with Crippen molar-refractivity contribution < 1.29 is 0 Å². The fraction of sp³-hybridized carbons (Fsp3) is 0. The zero-order valence-corrected chi connectivity index (χ0v) is 4.46. The van der Waals surface area contributed by atoms with E-state index in [0.29, 0.717) is 0 Å². The summed E-state index contributed by atoms with van der Waals surface area (Å²) < 4.78 is 0. The number of hydrogen-bond acceptors (Lipinski definition) is 5. The molecule has 6 heteroatoms. The van der Waals surface area contributed by atoms with Crippen molar-refractivity contribution >= 4 is 17.3 Å². The summed E-state index contributed by atoms with van der Waals surface area (Å²) >= 11 is 0. The van der Waals surface area contributed by atoms with Gasteiger partial charge in [-0.25, -0.2) is 0 Å². The average Bonchev–Trinajstić information content (AvgIpc) is 2.15. The Morgan fingerprint density at radius 3 is 2.44 bits per heavy atom. The van der Waals surface area contributed by atoms with Crippen LogP contribution >= 0.6 is 0 Å². The molecule has 6 nitrogen and oxygen atoms in total. The summed E-state index contributed by atoms with van der Waals surface area (Å²) in [5, 5.41) is 8.17. The van der Waals surface area contributed by atoms with Crippen LogP contribution in [0.4, 0.5) is 17.3 Å². The number of nitroso groups, excluding NO2 is 1. The molecule has 0 aliphatic rings. The van der Waals surface area contributed by atoms with Crippen molar-refractivity contribution in [2.45, 2.75) is 0 Å². The molecule has 0 saturated heterocycles. The van der Waals surface area contributed by atoms with Gasteiger partial charge in [-0.05, 0) is 5.18 Å². The predicted octanol–water partition coefficient (Wildman–Crippen LogP) is -0.0280. The van der Waals surface area contributed by atoms with Crippen molar-refractivity contribution in [3.8, 4) is 0 Å². The van der Waals surface area contributed by atoms with Crippen LogP contribution in [0.3, 0.4) is 0 Å². The summed E-state index contributed by atoms with van der Waals surface area (Å²) in [7, 11) is 0. The van der Waals surface area contributed by atoms with Crippen molar-refractivity contribution in [2.75, 3.05) is 11.5 Å². The van der Waals surface area contributed by atoms with Crippen molar-refractivity contribution in [3.63, 3.8) is 0 Å². The number of nitrogen functional groups attached to an aromatic ring is 2. The zero-order chi connectivity index (χ0) is 6.85. The lowest BCUT2D eigenvalue weighted by Crippen LogP contribution is -1.90. The van der Waals surface area contributed by atoms with Gasteiger partial charge in [0.25, 0.3) is 0 Å². The fourth-order valence-electron chi connectivity index (χ4n) is 0.424. The fourth-order valence-corrected chi connectivity index (χ4v) is 0.424. The molecule has 0 aromatic carbocycles. The van der Waals surface area contributed by atoms with Crippen molar-refractivity contribution in [1.82, 2.24) is 10.2 Å². The highest BCUT2D eigenvalue weighted by atomic mass is 16.3. The van der Waals surface area contributed by atoms with Gasteiger partial charge in [0.2, 0.25) is 5.82 Å². The van der Waals surface area contributed by atoms with Gasteiger partial charge < -0.3 is 11.5 Å². The van der Waals surface area contributed by atoms with Crippen LogP contribution in [0.15, 0.2) is 5.18 Å². The van der Waals surface area contributed by atoms with Crippen LogP contribution in [-0.4, -0.2) is 10.2 Å². The summed E-state index contributed by atoms with van der Waals surface area (Å²) in [6.45, 7) is 0. The summed E-state index contributed by atoms with van der Waals surface area (Å²) in [6.07, 6.45) is 0. The van der Waals surface area contributed by atoms with Crippen LogP contribution in [0.5, 0.6) is 0 Å². The molecule has 1 aromatic rings. The van der Waals surface area contributed by atoms with Gasteiger partial charge in [-0.3, -0.25) is 5.10 Å². The number of anilines is 2. The Balaban J connectivity index is 3.18. The Bertz CT molecular complexity index is 228. The molecule has 0 radical (unpaired) electrons. The average molecular weight is 127 g/mol. The second kappa shape index (κ2) is 1.73. The highest BCUT2D eigenvalue weighted by Crippen LogP contribution is 2.22. The van der Waals surface area contributed by atoms with Crippen LogP contribution in [0.25, 0.3) is 0 Å².